The van der Waals surface area contributed by atoms with E-state index in [2.05, 4.69) is 4.90 Å². The minimum absolute atomic E-state index is 0.101. The minimum atomic E-state index is -1.82. The number of amides is 1. The van der Waals surface area contributed by atoms with E-state index in [0.717, 1.165) is 57.4 Å². The molecule has 2 N–H and O–H groups in total. The fraction of sp³-hybridized carbons (Fsp3) is 0.526. The highest BCUT2D eigenvalue weighted by atomic mass is 19.1. The molecule has 1 unspecified atom stereocenters. The number of carbonyl (C=O) groups excluding carboxylic acids is 1. The van der Waals surface area contributed by atoms with Crippen LogP contribution in [0.4, 0.5) is 4.39 Å². The molecule has 0 radical (unpaired) electrons. The van der Waals surface area contributed by atoms with Crippen LogP contribution in [0.15, 0.2) is 24.3 Å². The highest BCUT2D eigenvalue weighted by Gasteiger charge is 2.30. The predicted octanol–water partition coefficient (Wildman–Crippen LogP) is 1.82. The monoisotopic (exact) mass is 380 g/mol. The molecule has 0 aromatic heterocycles. The highest BCUT2D eigenvalue weighted by molar-refractivity contribution is 6.27. The van der Waals surface area contributed by atoms with Crippen molar-refractivity contribution >= 4 is 17.8 Å². The summed E-state index contributed by atoms with van der Waals surface area (Å²) in [6, 6.07) is 6.93. The maximum Gasteiger partial charge on any atom is 0.414 e. The zero-order chi connectivity index (χ0) is 19.8. The molecule has 2 fully saturated rings. The van der Waals surface area contributed by atoms with Gasteiger partial charge in [-0.15, -0.1) is 0 Å². The molecule has 0 bridgehead atoms. The average molecular weight is 380 g/mol. The number of hydrogen-bond donors (Lipinski definition) is 2. The summed E-state index contributed by atoms with van der Waals surface area (Å²) in [7, 11) is 0. The molecule has 27 heavy (non-hydrogen) atoms. The van der Waals surface area contributed by atoms with Crippen LogP contribution in [0.25, 0.3) is 0 Å². The van der Waals surface area contributed by atoms with Gasteiger partial charge in [0.15, 0.2) is 0 Å². The lowest BCUT2D eigenvalue weighted by Crippen LogP contribution is -2.43. The molecule has 148 valence electrons. The highest BCUT2D eigenvalue weighted by Crippen LogP contribution is 2.23. The molecule has 7 nitrogen and oxygen atoms in total. The Morgan fingerprint density at radius 2 is 1.63 bits per heavy atom. The van der Waals surface area contributed by atoms with E-state index in [1.54, 1.807) is 6.07 Å². The number of aliphatic carboxylic acids is 2. The van der Waals surface area contributed by atoms with Crippen LogP contribution in [-0.4, -0.2) is 64.0 Å². The first-order chi connectivity index (χ1) is 12.9. The van der Waals surface area contributed by atoms with Gasteiger partial charge in [0.2, 0.25) is 5.91 Å². The van der Waals surface area contributed by atoms with Crippen molar-refractivity contribution in [3.63, 3.8) is 0 Å². The Kier molecular flexibility index (Phi) is 7.72. The number of halogens is 1. The first-order valence-electron chi connectivity index (χ1n) is 9.09. The zero-order valence-electron chi connectivity index (χ0n) is 15.1. The molecule has 0 aliphatic carbocycles. The Bertz CT molecular complexity index is 664. The topological polar surface area (TPSA) is 98.2 Å². The first-order valence-corrected chi connectivity index (χ1v) is 9.09. The van der Waals surface area contributed by atoms with Gasteiger partial charge in [0.1, 0.15) is 5.82 Å². The van der Waals surface area contributed by atoms with E-state index in [9.17, 15) is 9.18 Å². The standard InChI is InChI=1S/C17H23FN2O.C2H2O4/c18-16-8-2-1-6-14(16)12-19-9-5-7-15(13-19)17(21)20-10-3-4-11-20;3-1(4)2(5)6/h1-2,6,8,15H,3-5,7,9-13H2;(H,3,4)(H,5,6). The summed E-state index contributed by atoms with van der Waals surface area (Å²) in [5.74, 6) is -3.38. The summed E-state index contributed by atoms with van der Waals surface area (Å²) in [6.45, 7) is 4.17. The summed E-state index contributed by atoms with van der Waals surface area (Å²) in [4.78, 5) is 34.9. The Balaban J connectivity index is 0.000000380. The van der Waals surface area contributed by atoms with Crippen LogP contribution >= 0.6 is 0 Å². The van der Waals surface area contributed by atoms with Gasteiger partial charge in [0, 0.05) is 31.7 Å². The van der Waals surface area contributed by atoms with Gasteiger partial charge in [0.05, 0.1) is 5.92 Å². The normalized spacial score (nSPS) is 19.9. The number of carboxylic acid groups (broad SMARTS) is 2. The van der Waals surface area contributed by atoms with Gasteiger partial charge in [-0.1, -0.05) is 18.2 Å². The molecule has 2 aliphatic rings. The van der Waals surface area contributed by atoms with Crippen molar-refractivity contribution < 1.29 is 29.0 Å². The van der Waals surface area contributed by atoms with Crippen molar-refractivity contribution in [1.82, 2.24) is 9.80 Å². The summed E-state index contributed by atoms with van der Waals surface area (Å²) in [5, 5.41) is 14.8. The number of piperidine rings is 1. The minimum Gasteiger partial charge on any atom is -0.473 e. The first kappa shape index (κ1) is 20.8. The summed E-state index contributed by atoms with van der Waals surface area (Å²) < 4.78 is 13.7. The van der Waals surface area contributed by atoms with Gasteiger partial charge in [0.25, 0.3) is 0 Å². The molecule has 3 rings (SSSR count). The van der Waals surface area contributed by atoms with Crippen LogP contribution in [0, 0.1) is 11.7 Å². The van der Waals surface area contributed by atoms with Crippen LogP contribution in [0.1, 0.15) is 31.2 Å². The molecule has 2 aliphatic heterocycles. The number of rotatable bonds is 3. The molecule has 1 amide bonds. The van der Waals surface area contributed by atoms with Crippen LogP contribution in [0.2, 0.25) is 0 Å². The summed E-state index contributed by atoms with van der Waals surface area (Å²) in [5.41, 5.74) is 0.728. The number of benzene rings is 1. The molecular weight excluding hydrogens is 355 g/mol. The fourth-order valence-corrected chi connectivity index (χ4v) is 3.46. The van der Waals surface area contributed by atoms with Gasteiger partial charge in [-0.05, 0) is 38.3 Å². The lowest BCUT2D eigenvalue weighted by molar-refractivity contribution is -0.159. The Morgan fingerprint density at radius 3 is 2.22 bits per heavy atom. The summed E-state index contributed by atoms with van der Waals surface area (Å²) >= 11 is 0. The Hall–Kier alpha value is -2.48. The van der Waals surface area contributed by atoms with Crippen molar-refractivity contribution in [2.24, 2.45) is 5.92 Å². The Morgan fingerprint density at radius 1 is 1.00 bits per heavy atom. The maximum atomic E-state index is 13.7. The van der Waals surface area contributed by atoms with E-state index in [-0.39, 0.29) is 11.7 Å². The third-order valence-electron chi connectivity index (χ3n) is 4.81. The van der Waals surface area contributed by atoms with Crippen LogP contribution in [0.3, 0.4) is 0 Å². The van der Waals surface area contributed by atoms with Crippen molar-refractivity contribution in [3.05, 3.63) is 35.6 Å². The second-order valence-electron chi connectivity index (χ2n) is 6.81. The van der Waals surface area contributed by atoms with Gasteiger partial charge >= 0.3 is 11.9 Å². The SMILES string of the molecule is O=C(C1CCCN(Cc2ccccc2F)C1)N1CCCC1.O=C(O)C(=O)O. The molecule has 1 aromatic carbocycles. The van der Waals surface area contributed by atoms with Gasteiger partial charge < -0.3 is 15.1 Å². The smallest absolute Gasteiger partial charge is 0.414 e. The molecule has 1 atom stereocenters. The second kappa shape index (κ2) is 10.0. The van der Waals surface area contributed by atoms with E-state index in [1.807, 2.05) is 17.0 Å². The van der Waals surface area contributed by atoms with Crippen LogP contribution in [0.5, 0.6) is 0 Å². The maximum absolute atomic E-state index is 13.7. The quantitative estimate of drug-likeness (QED) is 0.776. The number of carboxylic acids is 2. The van der Waals surface area contributed by atoms with Crippen molar-refractivity contribution in [1.29, 1.82) is 0 Å². The summed E-state index contributed by atoms with van der Waals surface area (Å²) in [6.07, 6.45) is 4.27. The molecule has 2 saturated heterocycles. The van der Waals surface area contributed by atoms with Crippen molar-refractivity contribution in [2.75, 3.05) is 26.2 Å². The number of hydrogen-bond acceptors (Lipinski definition) is 4. The molecule has 1 aromatic rings. The average Bonchev–Trinajstić information content (AvgIpc) is 3.18. The fourth-order valence-electron chi connectivity index (χ4n) is 3.46. The van der Waals surface area contributed by atoms with Crippen LogP contribution < -0.4 is 0 Å². The van der Waals surface area contributed by atoms with E-state index in [4.69, 9.17) is 19.8 Å². The van der Waals surface area contributed by atoms with Crippen molar-refractivity contribution in [3.8, 4) is 0 Å². The molecule has 8 heteroatoms. The molecule has 0 saturated carbocycles. The van der Waals surface area contributed by atoms with Gasteiger partial charge in [-0.3, -0.25) is 9.69 Å². The second-order valence-corrected chi connectivity index (χ2v) is 6.81. The van der Waals surface area contributed by atoms with E-state index in [0.29, 0.717) is 12.5 Å². The lowest BCUT2D eigenvalue weighted by atomic mass is 9.96. The third-order valence-corrected chi connectivity index (χ3v) is 4.81. The molecule has 0 spiro atoms. The predicted molar refractivity (Wildman–Crippen MR) is 95.5 cm³/mol. The zero-order valence-corrected chi connectivity index (χ0v) is 15.1. The van der Waals surface area contributed by atoms with Crippen molar-refractivity contribution in [2.45, 2.75) is 32.2 Å². The van der Waals surface area contributed by atoms with E-state index < -0.39 is 11.9 Å². The third kappa shape index (κ3) is 6.32. The largest absolute Gasteiger partial charge is 0.473 e. The number of carbonyl (C=O) groups is 3. The van der Waals surface area contributed by atoms with Crippen LogP contribution in [-0.2, 0) is 20.9 Å². The molecular formula is C19H25FN2O5. The van der Waals surface area contributed by atoms with Gasteiger partial charge in [-0.25, -0.2) is 14.0 Å². The van der Waals surface area contributed by atoms with E-state index >= 15 is 0 Å². The van der Waals surface area contributed by atoms with Gasteiger partial charge in [-0.2, -0.15) is 0 Å². The molecule has 2 heterocycles. The number of likely N-dealkylation sites (tertiary alicyclic amines) is 2. The Labute approximate surface area is 157 Å². The lowest BCUT2D eigenvalue weighted by Gasteiger charge is -2.34. The number of nitrogens with zero attached hydrogens (tertiary/aromatic N) is 2. The van der Waals surface area contributed by atoms with E-state index in [1.165, 1.54) is 6.07 Å².